The first-order valence-corrected chi connectivity index (χ1v) is 12.8. The minimum atomic E-state index is -0.278. The molecule has 0 atom stereocenters. The fourth-order valence-corrected chi connectivity index (χ4v) is 5.41. The number of para-hydroxylation sites is 1. The number of aryl methyl sites for hydroxylation is 1. The molecule has 3 aromatic carbocycles. The molecule has 0 radical (unpaired) electrons. The summed E-state index contributed by atoms with van der Waals surface area (Å²) < 4.78 is 2.21. The lowest BCUT2D eigenvalue weighted by molar-refractivity contribution is -0.123. The van der Waals surface area contributed by atoms with Gasteiger partial charge in [0.25, 0.3) is 11.1 Å². The first-order valence-electron chi connectivity index (χ1n) is 11.3. The molecule has 1 aliphatic heterocycles. The predicted molar refractivity (Wildman–Crippen MR) is 145 cm³/mol. The van der Waals surface area contributed by atoms with Crippen LogP contribution in [-0.2, 0) is 24.3 Å². The predicted octanol–water partition coefficient (Wildman–Crippen LogP) is 7.80. The maximum atomic E-state index is 13.2. The molecular formula is C28H22Cl2N2O2S. The van der Waals surface area contributed by atoms with Crippen molar-refractivity contribution in [2.75, 3.05) is 0 Å². The maximum Gasteiger partial charge on any atom is 0.293 e. The van der Waals surface area contributed by atoms with Gasteiger partial charge in [-0.05, 0) is 65.2 Å². The van der Waals surface area contributed by atoms with Crippen molar-refractivity contribution in [1.29, 1.82) is 0 Å². The van der Waals surface area contributed by atoms with Crippen LogP contribution in [0.25, 0.3) is 17.0 Å². The van der Waals surface area contributed by atoms with Crippen molar-refractivity contribution in [3.8, 4) is 0 Å². The fraction of sp³-hybridized carbons (Fsp3) is 0.143. The van der Waals surface area contributed by atoms with Gasteiger partial charge in [0, 0.05) is 33.7 Å². The number of fused-ring (bicyclic) bond motifs is 1. The zero-order valence-corrected chi connectivity index (χ0v) is 21.3. The Kier molecular flexibility index (Phi) is 6.74. The second kappa shape index (κ2) is 9.94. The molecule has 1 aromatic heterocycles. The maximum absolute atomic E-state index is 13.2. The molecule has 2 heterocycles. The van der Waals surface area contributed by atoms with Gasteiger partial charge in [-0.15, -0.1) is 0 Å². The van der Waals surface area contributed by atoms with Crippen LogP contribution in [-0.4, -0.2) is 20.6 Å². The molecule has 1 saturated heterocycles. The Morgan fingerprint density at radius 2 is 1.49 bits per heavy atom. The third kappa shape index (κ3) is 4.90. The average molecular weight is 521 g/mol. The Morgan fingerprint density at radius 1 is 0.857 bits per heavy atom. The molecule has 35 heavy (non-hydrogen) atoms. The van der Waals surface area contributed by atoms with Gasteiger partial charge in [-0.1, -0.05) is 72.6 Å². The Hall–Kier alpha value is -2.99. The highest BCUT2D eigenvalue weighted by Crippen LogP contribution is 2.36. The lowest BCUT2D eigenvalue weighted by Crippen LogP contribution is -2.27. The van der Waals surface area contributed by atoms with Crippen molar-refractivity contribution in [3.63, 3.8) is 0 Å². The quantitative estimate of drug-likeness (QED) is 0.243. The van der Waals surface area contributed by atoms with Crippen molar-refractivity contribution in [2.24, 2.45) is 0 Å². The minimum absolute atomic E-state index is 0.220. The number of aromatic nitrogens is 1. The van der Waals surface area contributed by atoms with E-state index in [1.165, 1.54) is 10.5 Å². The molecule has 0 bridgehead atoms. The summed E-state index contributed by atoms with van der Waals surface area (Å²) in [7, 11) is 0. The van der Waals surface area contributed by atoms with Crippen LogP contribution in [0.4, 0.5) is 4.79 Å². The molecule has 4 nitrogen and oxygen atoms in total. The van der Waals surface area contributed by atoms with E-state index >= 15 is 0 Å². The van der Waals surface area contributed by atoms with E-state index in [1.807, 2.05) is 48.5 Å². The largest absolute Gasteiger partial charge is 0.342 e. The van der Waals surface area contributed by atoms with Crippen LogP contribution in [0, 0.1) is 0 Å². The van der Waals surface area contributed by atoms with Gasteiger partial charge in [-0.2, -0.15) is 0 Å². The van der Waals surface area contributed by atoms with Crippen LogP contribution in [0.2, 0.25) is 10.0 Å². The SMILES string of the molecule is CCc1cccc2c(/C=C3\SC(=O)N(Cc4ccc(Cl)cc4)C3=O)cn(Cc3ccc(Cl)cc3)c12. The fourth-order valence-electron chi connectivity index (χ4n) is 4.33. The molecule has 4 aromatic rings. The average Bonchev–Trinajstić information content (AvgIpc) is 3.33. The summed E-state index contributed by atoms with van der Waals surface area (Å²) in [5.74, 6) is -0.278. The van der Waals surface area contributed by atoms with Gasteiger partial charge >= 0.3 is 0 Å². The van der Waals surface area contributed by atoms with E-state index in [1.54, 1.807) is 12.1 Å². The summed E-state index contributed by atoms with van der Waals surface area (Å²) >= 11 is 13.0. The van der Waals surface area contributed by atoms with Crippen molar-refractivity contribution >= 4 is 63.1 Å². The van der Waals surface area contributed by atoms with Crippen LogP contribution in [0.5, 0.6) is 0 Å². The van der Waals surface area contributed by atoms with Gasteiger partial charge in [0.15, 0.2) is 0 Å². The van der Waals surface area contributed by atoms with E-state index in [0.29, 0.717) is 21.5 Å². The first-order chi connectivity index (χ1) is 16.9. The van der Waals surface area contributed by atoms with Crippen LogP contribution < -0.4 is 0 Å². The number of rotatable bonds is 6. The molecule has 1 fully saturated rings. The zero-order chi connectivity index (χ0) is 24.5. The van der Waals surface area contributed by atoms with E-state index in [2.05, 4.69) is 29.8 Å². The molecule has 5 rings (SSSR count). The number of hydrogen-bond acceptors (Lipinski definition) is 3. The lowest BCUT2D eigenvalue weighted by Gasteiger charge is -2.12. The number of carbonyl (C=O) groups is 2. The number of hydrogen-bond donors (Lipinski definition) is 0. The second-order valence-electron chi connectivity index (χ2n) is 8.40. The Morgan fingerprint density at radius 3 is 2.11 bits per heavy atom. The van der Waals surface area contributed by atoms with Crippen LogP contribution >= 0.6 is 35.0 Å². The first kappa shape index (κ1) is 23.7. The normalized spacial score (nSPS) is 15.1. The van der Waals surface area contributed by atoms with Gasteiger partial charge in [0.2, 0.25) is 0 Å². The van der Waals surface area contributed by atoms with E-state index in [-0.39, 0.29) is 17.7 Å². The zero-order valence-electron chi connectivity index (χ0n) is 19.0. The highest BCUT2D eigenvalue weighted by atomic mass is 35.5. The van der Waals surface area contributed by atoms with Crippen molar-refractivity contribution in [3.05, 3.63) is 110 Å². The third-order valence-electron chi connectivity index (χ3n) is 6.07. The summed E-state index contributed by atoms with van der Waals surface area (Å²) in [4.78, 5) is 27.5. The van der Waals surface area contributed by atoms with Gasteiger partial charge in [0.1, 0.15) is 0 Å². The van der Waals surface area contributed by atoms with Gasteiger partial charge in [-0.3, -0.25) is 14.5 Å². The second-order valence-corrected chi connectivity index (χ2v) is 10.3. The van der Waals surface area contributed by atoms with Crippen LogP contribution in [0.15, 0.2) is 77.8 Å². The van der Waals surface area contributed by atoms with E-state index in [4.69, 9.17) is 23.2 Å². The third-order valence-corrected chi connectivity index (χ3v) is 7.49. The minimum Gasteiger partial charge on any atom is -0.342 e. The summed E-state index contributed by atoms with van der Waals surface area (Å²) in [6, 6.07) is 21.2. The smallest absolute Gasteiger partial charge is 0.293 e. The van der Waals surface area contributed by atoms with Gasteiger partial charge in [0.05, 0.1) is 17.0 Å². The lowest BCUT2D eigenvalue weighted by atomic mass is 10.1. The van der Waals surface area contributed by atoms with E-state index in [9.17, 15) is 9.59 Å². The summed E-state index contributed by atoms with van der Waals surface area (Å²) in [6.45, 7) is 3.03. The molecule has 0 unspecified atom stereocenters. The number of thioether (sulfide) groups is 1. The van der Waals surface area contributed by atoms with Crippen LogP contribution in [0.3, 0.4) is 0 Å². The summed E-state index contributed by atoms with van der Waals surface area (Å²) in [5.41, 5.74) is 5.27. The van der Waals surface area contributed by atoms with Crippen molar-refractivity contribution in [2.45, 2.75) is 26.4 Å². The number of amides is 2. The van der Waals surface area contributed by atoms with Gasteiger partial charge < -0.3 is 4.57 Å². The standard InChI is InChI=1S/C28H22Cl2N2O2S/c1-2-20-4-3-5-24-21(17-31(26(20)24)15-18-6-10-22(29)11-7-18)14-25-27(33)32(28(34)35-25)16-19-8-12-23(30)13-9-19/h3-14,17H,2,15-16H2,1H3/b25-14-. The molecule has 1 aliphatic rings. The van der Waals surface area contributed by atoms with E-state index < -0.39 is 0 Å². The number of carbonyl (C=O) groups excluding carboxylic acids is 2. The number of imide groups is 1. The number of halogens is 2. The Labute approximate surface area is 218 Å². The van der Waals surface area contributed by atoms with E-state index in [0.717, 1.165) is 45.8 Å². The van der Waals surface area contributed by atoms with Crippen molar-refractivity contribution < 1.29 is 9.59 Å². The molecule has 176 valence electrons. The number of benzene rings is 3. The van der Waals surface area contributed by atoms with Gasteiger partial charge in [-0.25, -0.2) is 0 Å². The Bertz CT molecular complexity index is 1460. The van der Waals surface area contributed by atoms with Crippen LogP contribution in [0.1, 0.15) is 29.2 Å². The molecule has 0 spiro atoms. The molecule has 0 aliphatic carbocycles. The topological polar surface area (TPSA) is 42.3 Å². The van der Waals surface area contributed by atoms with Crippen molar-refractivity contribution in [1.82, 2.24) is 9.47 Å². The molecule has 0 saturated carbocycles. The monoisotopic (exact) mass is 520 g/mol. The molecular weight excluding hydrogens is 499 g/mol. The highest BCUT2D eigenvalue weighted by Gasteiger charge is 2.35. The summed E-state index contributed by atoms with van der Waals surface area (Å²) in [5, 5.41) is 2.11. The molecule has 2 amide bonds. The highest BCUT2D eigenvalue weighted by molar-refractivity contribution is 8.18. The number of nitrogens with zero attached hydrogens (tertiary/aromatic N) is 2. The summed E-state index contributed by atoms with van der Waals surface area (Å²) in [6.07, 6.45) is 4.79. The molecule has 0 N–H and O–H groups in total. The molecule has 7 heteroatoms. The Balaban J connectivity index is 1.50.